The fraction of sp³-hybridized carbons (Fsp3) is 0. The molecule has 224 valence electrons. The van der Waals surface area contributed by atoms with Crippen LogP contribution < -0.4 is 4.90 Å². The lowest BCUT2D eigenvalue weighted by Crippen LogP contribution is -2.17. The summed E-state index contributed by atoms with van der Waals surface area (Å²) in [6, 6.07) is 63.1. The molecule has 2 aromatic heterocycles. The smallest absolute Gasteiger partial charge is 0.138 e. The molecule has 0 aliphatic carbocycles. The van der Waals surface area contributed by atoms with Gasteiger partial charge in [0.15, 0.2) is 0 Å². The third kappa shape index (κ3) is 4.04. The highest BCUT2D eigenvalue weighted by Crippen LogP contribution is 2.53. The molecule has 0 unspecified atom stereocenters. The number of hydrogen-bond acceptors (Lipinski definition) is 2. The van der Waals surface area contributed by atoms with Crippen LogP contribution in [-0.2, 0) is 0 Å². The molecule has 0 saturated carbocycles. The Morgan fingerprint density at radius 3 is 1.90 bits per heavy atom. The quantitative estimate of drug-likeness (QED) is 0.197. The van der Waals surface area contributed by atoms with Crippen LogP contribution in [0.5, 0.6) is 0 Å². The first-order chi connectivity index (χ1) is 23.8. The summed E-state index contributed by atoms with van der Waals surface area (Å²) in [5, 5.41) is 4.94. The molecule has 3 heteroatoms. The van der Waals surface area contributed by atoms with Gasteiger partial charge in [-0.25, -0.2) is 4.98 Å². The summed E-state index contributed by atoms with van der Waals surface area (Å²) in [6.07, 6.45) is 0. The SMILES string of the molecule is c1ccc(-c2cc(-c3ccccc3)nc(N3c4cc5c(cc4-c4cccc6cccc3c46)c3ccccc3n5-c3ccccc3)c2)cc1. The fourth-order valence-electron chi connectivity index (χ4n) is 7.55. The maximum atomic E-state index is 5.43. The molecule has 48 heavy (non-hydrogen) atoms. The van der Waals surface area contributed by atoms with E-state index in [-0.39, 0.29) is 0 Å². The van der Waals surface area contributed by atoms with Gasteiger partial charge in [0.1, 0.15) is 5.82 Å². The minimum atomic E-state index is 0.889. The van der Waals surface area contributed by atoms with Gasteiger partial charge in [0.2, 0.25) is 0 Å². The topological polar surface area (TPSA) is 21.1 Å². The Kier molecular flexibility index (Phi) is 5.87. The first-order valence-electron chi connectivity index (χ1n) is 16.4. The first kappa shape index (κ1) is 26.7. The number of aromatic nitrogens is 2. The highest BCUT2D eigenvalue weighted by atomic mass is 15.2. The van der Waals surface area contributed by atoms with Crippen molar-refractivity contribution in [2.75, 3.05) is 4.90 Å². The Labute approximate surface area is 278 Å². The van der Waals surface area contributed by atoms with Crippen LogP contribution in [0.15, 0.2) is 176 Å². The van der Waals surface area contributed by atoms with Gasteiger partial charge in [-0.2, -0.15) is 0 Å². The van der Waals surface area contributed by atoms with Crippen molar-refractivity contribution in [2.24, 2.45) is 0 Å². The molecule has 10 rings (SSSR count). The van der Waals surface area contributed by atoms with Crippen LogP contribution in [0.25, 0.3) is 71.8 Å². The molecule has 0 radical (unpaired) electrons. The van der Waals surface area contributed by atoms with Crippen LogP contribution in [0, 0.1) is 0 Å². The second-order valence-electron chi connectivity index (χ2n) is 12.4. The van der Waals surface area contributed by atoms with Crippen LogP contribution in [0.2, 0.25) is 0 Å². The van der Waals surface area contributed by atoms with Crippen molar-refractivity contribution in [3.63, 3.8) is 0 Å². The van der Waals surface area contributed by atoms with E-state index in [4.69, 9.17) is 4.98 Å². The van der Waals surface area contributed by atoms with Crippen LogP contribution in [0.3, 0.4) is 0 Å². The lowest BCUT2D eigenvalue weighted by molar-refractivity contribution is 1.16. The summed E-state index contributed by atoms with van der Waals surface area (Å²) in [5.74, 6) is 0.889. The molecule has 7 aromatic carbocycles. The molecule has 0 saturated heterocycles. The van der Waals surface area contributed by atoms with Gasteiger partial charge in [0.25, 0.3) is 0 Å². The predicted octanol–water partition coefficient (Wildman–Crippen LogP) is 12.1. The van der Waals surface area contributed by atoms with Gasteiger partial charge in [-0.15, -0.1) is 0 Å². The number of rotatable bonds is 4. The number of hydrogen-bond donors (Lipinski definition) is 0. The van der Waals surface area contributed by atoms with Gasteiger partial charge >= 0.3 is 0 Å². The molecule has 1 aliphatic rings. The normalized spacial score (nSPS) is 12.1. The number of nitrogens with zero attached hydrogens (tertiary/aromatic N) is 3. The standard InChI is InChI=1S/C45H29N3/c1-4-14-30(15-5-1)33-26-39(31-16-6-2-7-17-31)46-44(27-33)48-41-25-13-19-32-18-12-23-36(45(32)41)38-28-37-35-22-10-11-24-40(35)47(42(37)29-43(38)48)34-20-8-3-9-21-34/h1-29H. The zero-order valence-electron chi connectivity index (χ0n) is 26.1. The van der Waals surface area contributed by atoms with Gasteiger partial charge in [-0.3, -0.25) is 4.90 Å². The van der Waals surface area contributed by atoms with Gasteiger partial charge < -0.3 is 4.57 Å². The number of benzene rings is 7. The lowest BCUT2D eigenvalue weighted by atomic mass is 9.90. The molecule has 3 nitrogen and oxygen atoms in total. The number of fused-ring (bicyclic) bond motifs is 5. The van der Waals surface area contributed by atoms with E-state index in [1.807, 2.05) is 0 Å². The Balaban J connectivity index is 1.33. The van der Waals surface area contributed by atoms with E-state index in [9.17, 15) is 0 Å². The minimum absolute atomic E-state index is 0.889. The van der Waals surface area contributed by atoms with E-state index < -0.39 is 0 Å². The summed E-state index contributed by atoms with van der Waals surface area (Å²) in [7, 11) is 0. The van der Waals surface area contributed by atoms with Gasteiger partial charge in [0.05, 0.1) is 28.1 Å². The van der Waals surface area contributed by atoms with E-state index >= 15 is 0 Å². The molecule has 0 fully saturated rings. The second kappa shape index (κ2) is 10.5. The van der Waals surface area contributed by atoms with E-state index in [2.05, 4.69) is 185 Å². The van der Waals surface area contributed by atoms with Crippen molar-refractivity contribution in [1.29, 1.82) is 0 Å². The molecule has 0 amide bonds. The van der Waals surface area contributed by atoms with E-state index in [1.54, 1.807) is 0 Å². The zero-order valence-corrected chi connectivity index (χ0v) is 26.1. The molecular weight excluding hydrogens is 583 g/mol. The van der Waals surface area contributed by atoms with Crippen molar-refractivity contribution in [2.45, 2.75) is 0 Å². The largest absolute Gasteiger partial charge is 0.309 e. The molecule has 0 atom stereocenters. The van der Waals surface area contributed by atoms with Crippen LogP contribution in [0.4, 0.5) is 17.2 Å². The third-order valence-corrected chi connectivity index (χ3v) is 9.68. The summed E-state index contributed by atoms with van der Waals surface area (Å²) in [6.45, 7) is 0. The maximum absolute atomic E-state index is 5.43. The van der Waals surface area contributed by atoms with Crippen LogP contribution in [0.1, 0.15) is 0 Å². The Morgan fingerprint density at radius 1 is 0.417 bits per heavy atom. The van der Waals surface area contributed by atoms with Crippen LogP contribution >= 0.6 is 0 Å². The zero-order chi connectivity index (χ0) is 31.6. The highest BCUT2D eigenvalue weighted by molar-refractivity contribution is 6.18. The first-order valence-corrected chi connectivity index (χ1v) is 16.4. The molecular formula is C45H29N3. The summed E-state index contributed by atoms with van der Waals surface area (Å²) < 4.78 is 2.40. The van der Waals surface area contributed by atoms with Crippen molar-refractivity contribution in [1.82, 2.24) is 9.55 Å². The minimum Gasteiger partial charge on any atom is -0.309 e. The second-order valence-corrected chi connectivity index (χ2v) is 12.4. The molecule has 1 aliphatic heterocycles. The lowest BCUT2D eigenvalue weighted by Gasteiger charge is -2.33. The number of anilines is 3. The van der Waals surface area contributed by atoms with E-state index in [0.717, 1.165) is 45.3 Å². The Bertz CT molecular complexity index is 2590. The third-order valence-electron chi connectivity index (χ3n) is 9.68. The number of para-hydroxylation sites is 2. The number of pyridine rings is 1. The monoisotopic (exact) mass is 611 g/mol. The molecule has 0 spiro atoms. The summed E-state index contributed by atoms with van der Waals surface area (Å²) in [4.78, 5) is 7.82. The van der Waals surface area contributed by atoms with Gasteiger partial charge in [-0.05, 0) is 70.6 Å². The van der Waals surface area contributed by atoms with E-state index in [0.29, 0.717) is 0 Å². The van der Waals surface area contributed by atoms with Crippen molar-refractivity contribution < 1.29 is 0 Å². The van der Waals surface area contributed by atoms with Crippen LogP contribution in [-0.4, -0.2) is 9.55 Å². The Hall–Kier alpha value is -6.45. The average Bonchev–Trinajstić information content (AvgIpc) is 3.48. The van der Waals surface area contributed by atoms with Gasteiger partial charge in [-0.1, -0.05) is 127 Å². The predicted molar refractivity (Wildman–Crippen MR) is 201 cm³/mol. The molecule has 3 heterocycles. The van der Waals surface area contributed by atoms with Crippen molar-refractivity contribution in [3.8, 4) is 39.2 Å². The Morgan fingerprint density at radius 2 is 1.10 bits per heavy atom. The highest BCUT2D eigenvalue weighted by Gasteiger charge is 2.29. The average molecular weight is 612 g/mol. The fourth-order valence-corrected chi connectivity index (χ4v) is 7.55. The van der Waals surface area contributed by atoms with E-state index in [1.165, 1.54) is 43.7 Å². The maximum Gasteiger partial charge on any atom is 0.138 e. The van der Waals surface area contributed by atoms with Crippen molar-refractivity contribution >= 4 is 49.8 Å². The molecule has 0 N–H and O–H groups in total. The summed E-state index contributed by atoms with van der Waals surface area (Å²) >= 11 is 0. The van der Waals surface area contributed by atoms with Crippen molar-refractivity contribution in [3.05, 3.63) is 176 Å². The summed E-state index contributed by atoms with van der Waals surface area (Å²) in [5.41, 5.74) is 12.5. The molecule has 9 aromatic rings. The van der Waals surface area contributed by atoms with Gasteiger partial charge in [0, 0.05) is 33.0 Å². The molecule has 0 bridgehead atoms.